The molecule has 4 nitrogen and oxygen atoms in total. The second-order valence-electron chi connectivity index (χ2n) is 6.28. The largest absolute Gasteiger partial charge is 0.352 e. The van der Waals surface area contributed by atoms with Crippen LogP contribution in [0.5, 0.6) is 0 Å². The van der Waals surface area contributed by atoms with E-state index in [0.717, 1.165) is 29.4 Å². The highest BCUT2D eigenvalue weighted by Crippen LogP contribution is 2.47. The van der Waals surface area contributed by atoms with Gasteiger partial charge in [-0.1, -0.05) is 6.42 Å². The zero-order chi connectivity index (χ0) is 13.5. The summed E-state index contributed by atoms with van der Waals surface area (Å²) in [6.45, 7) is 0.834. The molecule has 2 N–H and O–H groups in total. The summed E-state index contributed by atoms with van der Waals surface area (Å²) < 4.78 is 0. The molecular formula is C16H19N3O. The van der Waals surface area contributed by atoms with Crippen LogP contribution in [0.3, 0.4) is 0 Å². The fraction of sp³-hybridized carbons (Fsp3) is 0.500. The van der Waals surface area contributed by atoms with Gasteiger partial charge in [0.25, 0.3) is 5.91 Å². The number of rotatable bonds is 3. The van der Waals surface area contributed by atoms with E-state index in [4.69, 9.17) is 0 Å². The van der Waals surface area contributed by atoms with Gasteiger partial charge in [-0.15, -0.1) is 0 Å². The highest BCUT2D eigenvalue weighted by molar-refractivity contribution is 5.97. The van der Waals surface area contributed by atoms with Crippen LogP contribution < -0.4 is 5.32 Å². The lowest BCUT2D eigenvalue weighted by Gasteiger charge is -2.21. The first-order chi connectivity index (χ1) is 9.79. The monoisotopic (exact) mass is 269 g/mol. The standard InChI is InChI=1S/C16H19N3O/c20-16(12-3-4-14-15(7-12)19-9-18-14)17-8-13-6-10-1-2-11(13)5-10/h3-4,7,9-11,13H,1-2,5-6,8H2,(H,17,20)(H,18,19). The van der Waals surface area contributed by atoms with Crippen molar-refractivity contribution in [3.63, 3.8) is 0 Å². The molecule has 2 fully saturated rings. The molecule has 2 aliphatic carbocycles. The minimum atomic E-state index is 0.0317. The Morgan fingerprint density at radius 3 is 3.10 bits per heavy atom. The average Bonchev–Trinajstić information content (AvgIpc) is 3.19. The summed E-state index contributed by atoms with van der Waals surface area (Å²) in [5, 5.41) is 3.11. The van der Waals surface area contributed by atoms with Crippen LogP contribution in [-0.4, -0.2) is 22.4 Å². The van der Waals surface area contributed by atoms with E-state index in [2.05, 4.69) is 15.3 Å². The summed E-state index contributed by atoms with van der Waals surface area (Å²) in [5.41, 5.74) is 2.53. The number of nitrogens with zero attached hydrogens (tertiary/aromatic N) is 1. The van der Waals surface area contributed by atoms with Crippen molar-refractivity contribution >= 4 is 16.9 Å². The van der Waals surface area contributed by atoms with Gasteiger partial charge in [0, 0.05) is 12.1 Å². The second kappa shape index (κ2) is 4.62. The van der Waals surface area contributed by atoms with Gasteiger partial charge in [0.15, 0.2) is 0 Å². The lowest BCUT2D eigenvalue weighted by atomic mass is 9.89. The molecule has 20 heavy (non-hydrogen) atoms. The van der Waals surface area contributed by atoms with Crippen LogP contribution in [-0.2, 0) is 0 Å². The van der Waals surface area contributed by atoms with Crippen LogP contribution >= 0.6 is 0 Å². The zero-order valence-corrected chi connectivity index (χ0v) is 11.4. The number of amides is 1. The van der Waals surface area contributed by atoms with E-state index in [1.165, 1.54) is 25.7 Å². The molecule has 1 aromatic carbocycles. The number of nitrogens with one attached hydrogen (secondary N) is 2. The summed E-state index contributed by atoms with van der Waals surface area (Å²) in [6, 6.07) is 5.61. The van der Waals surface area contributed by atoms with Gasteiger partial charge in [-0.25, -0.2) is 4.98 Å². The van der Waals surface area contributed by atoms with Crippen LogP contribution in [0.2, 0.25) is 0 Å². The lowest BCUT2D eigenvalue weighted by molar-refractivity contribution is 0.0942. The molecule has 0 aliphatic heterocycles. The molecule has 0 saturated heterocycles. The Balaban J connectivity index is 1.42. The van der Waals surface area contributed by atoms with Crippen molar-refractivity contribution in [1.82, 2.24) is 15.3 Å². The Morgan fingerprint density at radius 1 is 1.35 bits per heavy atom. The first-order valence-electron chi connectivity index (χ1n) is 7.51. The van der Waals surface area contributed by atoms with E-state index < -0.39 is 0 Å². The summed E-state index contributed by atoms with van der Waals surface area (Å²) >= 11 is 0. The predicted molar refractivity (Wildman–Crippen MR) is 77.4 cm³/mol. The number of H-pyrrole nitrogens is 1. The van der Waals surface area contributed by atoms with Gasteiger partial charge < -0.3 is 10.3 Å². The molecule has 0 spiro atoms. The highest BCUT2D eigenvalue weighted by Gasteiger charge is 2.39. The van der Waals surface area contributed by atoms with Gasteiger partial charge >= 0.3 is 0 Å². The highest BCUT2D eigenvalue weighted by atomic mass is 16.1. The minimum absolute atomic E-state index is 0.0317. The lowest BCUT2D eigenvalue weighted by Crippen LogP contribution is -2.31. The zero-order valence-electron chi connectivity index (χ0n) is 11.4. The molecule has 2 bridgehead atoms. The van der Waals surface area contributed by atoms with Gasteiger partial charge in [-0.05, 0) is 55.2 Å². The number of hydrogen-bond acceptors (Lipinski definition) is 2. The van der Waals surface area contributed by atoms with E-state index in [1.54, 1.807) is 6.33 Å². The first kappa shape index (κ1) is 11.9. The Kier molecular flexibility index (Phi) is 2.76. The number of hydrogen-bond donors (Lipinski definition) is 2. The number of carbonyl (C=O) groups excluding carboxylic acids is 1. The van der Waals surface area contributed by atoms with E-state index in [0.29, 0.717) is 11.5 Å². The quantitative estimate of drug-likeness (QED) is 0.900. The molecule has 1 heterocycles. The van der Waals surface area contributed by atoms with Gasteiger partial charge in [0.1, 0.15) is 0 Å². The number of carbonyl (C=O) groups is 1. The average molecular weight is 269 g/mol. The maximum absolute atomic E-state index is 12.2. The van der Waals surface area contributed by atoms with Crippen molar-refractivity contribution in [2.75, 3.05) is 6.54 Å². The third-order valence-corrected chi connectivity index (χ3v) is 5.09. The molecule has 3 atom stereocenters. The van der Waals surface area contributed by atoms with E-state index in [1.807, 2.05) is 18.2 Å². The summed E-state index contributed by atoms with van der Waals surface area (Å²) in [4.78, 5) is 19.4. The Bertz CT molecular complexity index is 648. The van der Waals surface area contributed by atoms with Crippen LogP contribution in [0.25, 0.3) is 11.0 Å². The van der Waals surface area contributed by atoms with Crippen molar-refractivity contribution in [2.45, 2.75) is 25.7 Å². The maximum atomic E-state index is 12.2. The van der Waals surface area contributed by atoms with E-state index in [9.17, 15) is 4.79 Å². The first-order valence-corrected chi connectivity index (χ1v) is 7.51. The number of benzene rings is 1. The van der Waals surface area contributed by atoms with E-state index in [-0.39, 0.29) is 5.91 Å². The van der Waals surface area contributed by atoms with Gasteiger partial charge in [0.2, 0.25) is 0 Å². The molecule has 4 heteroatoms. The summed E-state index contributed by atoms with van der Waals surface area (Å²) in [6.07, 6.45) is 7.13. The van der Waals surface area contributed by atoms with E-state index >= 15 is 0 Å². The molecule has 2 saturated carbocycles. The topological polar surface area (TPSA) is 57.8 Å². The van der Waals surface area contributed by atoms with Crippen LogP contribution in [0.1, 0.15) is 36.0 Å². The number of fused-ring (bicyclic) bond motifs is 3. The SMILES string of the molecule is O=C(NCC1CC2CCC1C2)c1ccc2nc[nH]c2c1. The van der Waals surface area contributed by atoms with Gasteiger partial charge in [-0.2, -0.15) is 0 Å². The molecule has 1 aromatic heterocycles. The van der Waals surface area contributed by atoms with Crippen molar-refractivity contribution in [1.29, 1.82) is 0 Å². The smallest absolute Gasteiger partial charge is 0.251 e. The molecule has 2 aliphatic rings. The summed E-state index contributed by atoms with van der Waals surface area (Å²) in [5.74, 6) is 2.52. The number of imidazole rings is 1. The fourth-order valence-corrected chi connectivity index (χ4v) is 4.03. The number of aromatic amines is 1. The Morgan fingerprint density at radius 2 is 2.30 bits per heavy atom. The van der Waals surface area contributed by atoms with Crippen LogP contribution in [0, 0.1) is 17.8 Å². The van der Waals surface area contributed by atoms with Gasteiger partial charge in [-0.3, -0.25) is 4.79 Å². The van der Waals surface area contributed by atoms with Crippen LogP contribution in [0.15, 0.2) is 24.5 Å². The maximum Gasteiger partial charge on any atom is 0.251 e. The molecule has 104 valence electrons. The molecule has 1 amide bonds. The van der Waals surface area contributed by atoms with Crippen molar-refractivity contribution < 1.29 is 4.79 Å². The predicted octanol–water partition coefficient (Wildman–Crippen LogP) is 2.73. The third kappa shape index (κ3) is 1.99. The van der Waals surface area contributed by atoms with Crippen molar-refractivity contribution in [3.8, 4) is 0 Å². The number of aromatic nitrogens is 2. The molecule has 0 radical (unpaired) electrons. The fourth-order valence-electron chi connectivity index (χ4n) is 4.03. The third-order valence-electron chi connectivity index (χ3n) is 5.09. The molecule has 4 rings (SSSR count). The Hall–Kier alpha value is -1.84. The minimum Gasteiger partial charge on any atom is -0.352 e. The normalized spacial score (nSPS) is 28.1. The molecule has 2 aromatic rings. The second-order valence-corrected chi connectivity index (χ2v) is 6.28. The van der Waals surface area contributed by atoms with Crippen LogP contribution in [0.4, 0.5) is 0 Å². The van der Waals surface area contributed by atoms with Crippen molar-refractivity contribution in [2.24, 2.45) is 17.8 Å². The summed E-state index contributed by atoms with van der Waals surface area (Å²) in [7, 11) is 0. The molecule has 3 unspecified atom stereocenters. The van der Waals surface area contributed by atoms with Gasteiger partial charge in [0.05, 0.1) is 17.4 Å². The molecular weight excluding hydrogens is 250 g/mol. The Labute approximate surface area is 118 Å². The van der Waals surface area contributed by atoms with Crippen molar-refractivity contribution in [3.05, 3.63) is 30.1 Å².